The molecule has 0 unspecified atom stereocenters. The van der Waals surface area contributed by atoms with Gasteiger partial charge in [-0.2, -0.15) is 0 Å². The number of hydrogen-bond acceptors (Lipinski definition) is 5. The zero-order valence-electron chi connectivity index (χ0n) is 11.4. The van der Waals surface area contributed by atoms with Gasteiger partial charge in [0.1, 0.15) is 0 Å². The molecule has 20 heavy (non-hydrogen) atoms. The molecule has 0 atom stereocenters. The zero-order valence-corrected chi connectivity index (χ0v) is 12.2. The first-order chi connectivity index (χ1) is 9.69. The molecule has 6 heteroatoms. The first-order valence-corrected chi connectivity index (χ1v) is 7.07. The highest BCUT2D eigenvalue weighted by atomic mass is 32.1. The van der Waals surface area contributed by atoms with E-state index in [1.807, 2.05) is 26.0 Å². The Balaban J connectivity index is 1.90. The molecule has 1 aromatic carbocycles. The summed E-state index contributed by atoms with van der Waals surface area (Å²) in [6.07, 6.45) is 1.71. The summed E-state index contributed by atoms with van der Waals surface area (Å²) in [6.45, 7) is 4.30. The second-order valence-electron chi connectivity index (χ2n) is 3.99. The summed E-state index contributed by atoms with van der Waals surface area (Å²) < 4.78 is 10.9. The number of nitrogens with one attached hydrogen (secondary N) is 1. The van der Waals surface area contributed by atoms with Crippen molar-refractivity contribution in [2.24, 2.45) is 0 Å². The molecule has 0 radical (unpaired) electrons. The number of benzene rings is 1. The number of amides is 1. The van der Waals surface area contributed by atoms with Crippen LogP contribution in [0.1, 0.15) is 11.8 Å². The summed E-state index contributed by atoms with van der Waals surface area (Å²) in [5.74, 6) is 0.943. The minimum atomic E-state index is -0.245. The van der Waals surface area contributed by atoms with Crippen molar-refractivity contribution in [3.05, 3.63) is 35.3 Å². The highest BCUT2D eigenvalue weighted by Crippen LogP contribution is 2.26. The van der Waals surface area contributed by atoms with Crippen LogP contribution >= 0.6 is 11.3 Å². The van der Waals surface area contributed by atoms with E-state index in [0.29, 0.717) is 23.2 Å². The van der Waals surface area contributed by atoms with Crippen molar-refractivity contribution >= 4 is 22.4 Å². The summed E-state index contributed by atoms with van der Waals surface area (Å²) >= 11 is 1.43. The van der Waals surface area contributed by atoms with Crippen LogP contribution in [0.2, 0.25) is 0 Å². The normalized spacial score (nSPS) is 10.1. The van der Waals surface area contributed by atoms with E-state index in [1.165, 1.54) is 11.3 Å². The number of ether oxygens (including phenoxy) is 2. The van der Waals surface area contributed by atoms with Gasteiger partial charge in [0.25, 0.3) is 5.91 Å². The molecule has 1 aromatic heterocycles. The highest BCUT2D eigenvalue weighted by Gasteiger charge is 2.09. The van der Waals surface area contributed by atoms with Crippen LogP contribution in [0.15, 0.2) is 30.5 Å². The maximum absolute atomic E-state index is 11.8. The lowest BCUT2D eigenvalue weighted by atomic mass is 10.3. The van der Waals surface area contributed by atoms with E-state index in [9.17, 15) is 4.79 Å². The third kappa shape index (κ3) is 3.96. The third-order valence-corrected chi connectivity index (χ3v) is 3.20. The van der Waals surface area contributed by atoms with Gasteiger partial charge in [0.05, 0.1) is 6.61 Å². The van der Waals surface area contributed by atoms with Crippen LogP contribution in [-0.2, 0) is 4.79 Å². The fraction of sp³-hybridized carbons (Fsp3) is 0.286. The number of carbonyl (C=O) groups is 1. The van der Waals surface area contributed by atoms with Crippen molar-refractivity contribution in [2.75, 3.05) is 18.5 Å². The molecule has 0 spiro atoms. The van der Waals surface area contributed by atoms with Gasteiger partial charge < -0.3 is 9.47 Å². The highest BCUT2D eigenvalue weighted by molar-refractivity contribution is 7.15. The van der Waals surface area contributed by atoms with Crippen molar-refractivity contribution in [3.63, 3.8) is 0 Å². The minimum absolute atomic E-state index is 0.0806. The molecule has 2 aromatic rings. The van der Waals surface area contributed by atoms with Crippen LogP contribution in [0.5, 0.6) is 11.5 Å². The van der Waals surface area contributed by atoms with Gasteiger partial charge >= 0.3 is 0 Å². The number of rotatable bonds is 6. The topological polar surface area (TPSA) is 60.5 Å². The Morgan fingerprint density at radius 1 is 1.30 bits per heavy atom. The van der Waals surface area contributed by atoms with Crippen molar-refractivity contribution in [1.82, 2.24) is 4.98 Å². The first-order valence-electron chi connectivity index (χ1n) is 6.26. The summed E-state index contributed by atoms with van der Waals surface area (Å²) in [5.41, 5.74) is 0. The third-order valence-electron chi connectivity index (χ3n) is 2.38. The number of thiazole rings is 1. The lowest BCUT2D eigenvalue weighted by Gasteiger charge is -2.10. The van der Waals surface area contributed by atoms with Crippen molar-refractivity contribution < 1.29 is 14.3 Å². The number of hydrogen-bond donors (Lipinski definition) is 1. The van der Waals surface area contributed by atoms with E-state index >= 15 is 0 Å². The smallest absolute Gasteiger partial charge is 0.264 e. The molecule has 106 valence electrons. The van der Waals surface area contributed by atoms with E-state index in [0.717, 1.165) is 4.88 Å². The van der Waals surface area contributed by atoms with Crippen molar-refractivity contribution in [1.29, 1.82) is 0 Å². The van der Waals surface area contributed by atoms with Crippen LogP contribution in [0.4, 0.5) is 5.13 Å². The molecule has 0 aliphatic carbocycles. The van der Waals surface area contributed by atoms with Crippen LogP contribution in [0.3, 0.4) is 0 Å². The Bertz CT molecular complexity index is 583. The van der Waals surface area contributed by atoms with E-state index < -0.39 is 0 Å². The van der Waals surface area contributed by atoms with Gasteiger partial charge in [-0.3, -0.25) is 10.1 Å². The van der Waals surface area contributed by atoms with E-state index in [1.54, 1.807) is 18.3 Å². The molecule has 1 amide bonds. The zero-order chi connectivity index (χ0) is 14.4. The van der Waals surface area contributed by atoms with E-state index in [2.05, 4.69) is 10.3 Å². The molecule has 0 bridgehead atoms. The van der Waals surface area contributed by atoms with Gasteiger partial charge in [0.15, 0.2) is 23.2 Å². The average Bonchev–Trinajstić information content (AvgIpc) is 2.83. The second kappa shape index (κ2) is 6.91. The SMILES string of the molecule is CCOc1ccccc1OCC(=O)Nc1ncc(C)s1. The van der Waals surface area contributed by atoms with Gasteiger partial charge in [-0.15, -0.1) is 11.3 Å². The van der Waals surface area contributed by atoms with Gasteiger partial charge in [-0.1, -0.05) is 12.1 Å². The molecule has 1 N–H and O–H groups in total. The lowest BCUT2D eigenvalue weighted by Crippen LogP contribution is -2.20. The summed E-state index contributed by atoms with van der Waals surface area (Å²) in [6, 6.07) is 7.27. The average molecular weight is 292 g/mol. The fourth-order valence-corrected chi connectivity index (χ4v) is 2.24. The van der Waals surface area contributed by atoms with E-state index in [4.69, 9.17) is 9.47 Å². The minimum Gasteiger partial charge on any atom is -0.490 e. The summed E-state index contributed by atoms with van der Waals surface area (Å²) in [5, 5.41) is 3.27. The van der Waals surface area contributed by atoms with Crippen LogP contribution in [-0.4, -0.2) is 24.1 Å². The Hall–Kier alpha value is -2.08. The number of carbonyl (C=O) groups excluding carboxylic acids is 1. The quantitative estimate of drug-likeness (QED) is 0.889. The van der Waals surface area contributed by atoms with Crippen molar-refractivity contribution in [2.45, 2.75) is 13.8 Å². The maximum atomic E-state index is 11.8. The molecule has 0 aliphatic rings. The molecular formula is C14H16N2O3S. The largest absolute Gasteiger partial charge is 0.490 e. The van der Waals surface area contributed by atoms with Crippen LogP contribution in [0, 0.1) is 6.92 Å². The predicted octanol–water partition coefficient (Wildman–Crippen LogP) is 2.87. The molecule has 0 saturated heterocycles. The number of para-hydroxylation sites is 2. The molecule has 2 rings (SSSR count). The predicted molar refractivity (Wildman–Crippen MR) is 78.6 cm³/mol. The van der Waals surface area contributed by atoms with Gasteiger partial charge in [0, 0.05) is 11.1 Å². The Kier molecular flexibility index (Phi) is 4.95. The van der Waals surface area contributed by atoms with E-state index in [-0.39, 0.29) is 12.5 Å². The number of aromatic nitrogens is 1. The Morgan fingerprint density at radius 3 is 2.60 bits per heavy atom. The first kappa shape index (κ1) is 14.3. The lowest BCUT2D eigenvalue weighted by molar-refractivity contribution is -0.118. The summed E-state index contributed by atoms with van der Waals surface area (Å²) in [4.78, 5) is 16.9. The fourth-order valence-electron chi connectivity index (χ4n) is 1.56. The monoisotopic (exact) mass is 292 g/mol. The second-order valence-corrected chi connectivity index (χ2v) is 5.23. The number of nitrogens with zero attached hydrogens (tertiary/aromatic N) is 1. The maximum Gasteiger partial charge on any atom is 0.264 e. The molecule has 5 nitrogen and oxygen atoms in total. The summed E-state index contributed by atoms with van der Waals surface area (Å²) in [7, 11) is 0. The van der Waals surface area contributed by atoms with Gasteiger partial charge in [-0.05, 0) is 26.0 Å². The standard InChI is InChI=1S/C14H16N2O3S/c1-3-18-11-6-4-5-7-12(11)19-9-13(17)16-14-15-8-10(2)20-14/h4-8H,3,9H2,1-2H3,(H,15,16,17). The molecule has 0 fully saturated rings. The molecule has 0 aliphatic heterocycles. The van der Waals surface area contributed by atoms with Gasteiger partial charge in [-0.25, -0.2) is 4.98 Å². The Labute approximate surface area is 121 Å². The Morgan fingerprint density at radius 2 is 2.00 bits per heavy atom. The molecule has 0 saturated carbocycles. The molecular weight excluding hydrogens is 276 g/mol. The number of aryl methyl sites for hydroxylation is 1. The molecule has 1 heterocycles. The number of anilines is 1. The van der Waals surface area contributed by atoms with Gasteiger partial charge in [0.2, 0.25) is 0 Å². The van der Waals surface area contributed by atoms with Crippen LogP contribution < -0.4 is 14.8 Å². The van der Waals surface area contributed by atoms with Crippen LogP contribution in [0.25, 0.3) is 0 Å². The van der Waals surface area contributed by atoms with Crippen molar-refractivity contribution in [3.8, 4) is 11.5 Å².